The number of nitrogens with zero attached hydrogens (tertiary/aromatic N) is 3. The molecule has 0 amide bonds. The zero-order valence-corrected chi connectivity index (χ0v) is 15.7. The molecule has 1 aromatic carbocycles. The summed E-state index contributed by atoms with van der Waals surface area (Å²) in [6.07, 6.45) is 5.57. The maximum absolute atomic E-state index is 11.5. The van der Waals surface area contributed by atoms with Crippen LogP contribution < -0.4 is 14.8 Å². The molecule has 0 radical (unpaired) electrons. The number of hydrogen-bond donors (Lipinski definition) is 1. The van der Waals surface area contributed by atoms with E-state index in [2.05, 4.69) is 22.5 Å². The number of rotatable bonds is 5. The van der Waals surface area contributed by atoms with Gasteiger partial charge in [0.1, 0.15) is 5.69 Å². The summed E-state index contributed by atoms with van der Waals surface area (Å²) in [7, 11) is 1.73. The molecule has 1 N–H and O–H groups in total. The van der Waals surface area contributed by atoms with E-state index in [9.17, 15) is 10.1 Å². The Morgan fingerprint density at radius 3 is 2.74 bits per heavy atom. The van der Waals surface area contributed by atoms with Crippen molar-refractivity contribution < 1.29 is 14.4 Å². The summed E-state index contributed by atoms with van der Waals surface area (Å²) in [4.78, 5) is 11.1. The highest BCUT2D eigenvalue weighted by Crippen LogP contribution is 2.44. The van der Waals surface area contributed by atoms with Crippen molar-refractivity contribution in [1.82, 2.24) is 9.78 Å². The first-order valence-corrected chi connectivity index (χ1v) is 9.32. The lowest BCUT2D eigenvalue weighted by atomic mass is 9.69. The SMILES string of the molecule is Cc1nn(C)c(NCC2(c3ccc4c(c3)OCO4)CCCCC2)c1[N+](=O)[O-]. The smallest absolute Gasteiger partial charge is 0.333 e. The molecule has 1 saturated carbocycles. The van der Waals surface area contributed by atoms with Crippen LogP contribution in [-0.2, 0) is 12.5 Å². The van der Waals surface area contributed by atoms with E-state index in [1.807, 2.05) is 6.07 Å². The summed E-state index contributed by atoms with van der Waals surface area (Å²) in [6.45, 7) is 2.54. The number of hydrogen-bond acceptors (Lipinski definition) is 6. The average Bonchev–Trinajstić information content (AvgIpc) is 3.23. The van der Waals surface area contributed by atoms with Crippen LogP contribution in [0.25, 0.3) is 0 Å². The molecule has 0 atom stereocenters. The van der Waals surface area contributed by atoms with Crippen molar-refractivity contribution in [1.29, 1.82) is 0 Å². The Labute approximate surface area is 157 Å². The van der Waals surface area contributed by atoms with Crippen molar-refractivity contribution in [2.45, 2.75) is 44.4 Å². The minimum absolute atomic E-state index is 0.0501. The number of benzene rings is 1. The molecule has 8 nitrogen and oxygen atoms in total. The second kappa shape index (κ2) is 6.75. The van der Waals surface area contributed by atoms with Gasteiger partial charge in [0, 0.05) is 19.0 Å². The summed E-state index contributed by atoms with van der Waals surface area (Å²) in [5.74, 6) is 2.01. The Morgan fingerprint density at radius 2 is 2.00 bits per heavy atom. The van der Waals surface area contributed by atoms with Crippen LogP contribution in [0.2, 0.25) is 0 Å². The number of fused-ring (bicyclic) bond motifs is 1. The Morgan fingerprint density at radius 1 is 1.26 bits per heavy atom. The topological polar surface area (TPSA) is 91.5 Å². The van der Waals surface area contributed by atoms with Crippen LogP contribution in [-0.4, -0.2) is 28.0 Å². The fourth-order valence-corrected chi connectivity index (χ4v) is 4.34. The molecule has 1 fully saturated rings. The lowest BCUT2D eigenvalue weighted by molar-refractivity contribution is -0.384. The maximum Gasteiger partial charge on any atom is 0.333 e. The Balaban J connectivity index is 1.65. The fourth-order valence-electron chi connectivity index (χ4n) is 4.34. The normalized spacial score (nSPS) is 17.7. The van der Waals surface area contributed by atoms with Gasteiger partial charge in [0.2, 0.25) is 12.6 Å². The molecule has 2 aromatic rings. The van der Waals surface area contributed by atoms with Gasteiger partial charge in [-0.05, 0) is 37.5 Å². The second-order valence-electron chi connectivity index (χ2n) is 7.43. The molecular formula is C19H24N4O4. The van der Waals surface area contributed by atoms with E-state index < -0.39 is 0 Å². The van der Waals surface area contributed by atoms with Crippen LogP contribution in [0.1, 0.15) is 43.4 Å². The molecule has 2 aliphatic rings. The monoisotopic (exact) mass is 372 g/mol. The van der Waals surface area contributed by atoms with Crippen molar-refractivity contribution in [3.8, 4) is 11.5 Å². The van der Waals surface area contributed by atoms with Crippen LogP contribution >= 0.6 is 0 Å². The van der Waals surface area contributed by atoms with Crippen LogP contribution in [0.15, 0.2) is 18.2 Å². The predicted octanol–water partition coefficient (Wildman–Crippen LogP) is 3.68. The summed E-state index contributed by atoms with van der Waals surface area (Å²) in [6, 6.07) is 6.13. The minimum atomic E-state index is -0.362. The zero-order valence-electron chi connectivity index (χ0n) is 15.7. The van der Waals surface area contributed by atoms with Gasteiger partial charge in [-0.25, -0.2) is 4.68 Å². The molecule has 0 unspecified atom stereocenters. The number of nitro groups is 1. The van der Waals surface area contributed by atoms with Gasteiger partial charge < -0.3 is 14.8 Å². The number of nitrogens with one attached hydrogen (secondary N) is 1. The number of aryl methyl sites for hydroxylation is 2. The summed E-state index contributed by atoms with van der Waals surface area (Å²) < 4.78 is 12.6. The van der Waals surface area contributed by atoms with Gasteiger partial charge in [0.25, 0.3) is 0 Å². The lowest BCUT2D eigenvalue weighted by Crippen LogP contribution is -2.37. The number of ether oxygens (including phenoxy) is 2. The quantitative estimate of drug-likeness (QED) is 0.636. The first-order valence-electron chi connectivity index (χ1n) is 9.32. The van der Waals surface area contributed by atoms with Gasteiger partial charge in [-0.15, -0.1) is 0 Å². The highest BCUT2D eigenvalue weighted by molar-refractivity contribution is 5.60. The van der Waals surface area contributed by atoms with E-state index in [-0.39, 0.29) is 22.8 Å². The number of aromatic nitrogens is 2. The van der Waals surface area contributed by atoms with Gasteiger partial charge in [0.05, 0.1) is 4.92 Å². The van der Waals surface area contributed by atoms with Gasteiger partial charge in [0.15, 0.2) is 11.5 Å². The summed E-state index contributed by atoms with van der Waals surface area (Å²) in [5.41, 5.74) is 1.58. The standard InChI is InChI=1S/C19H24N4O4/c1-13-17(23(24)25)18(22(2)21-13)20-11-19(8-4-3-5-9-19)14-6-7-15-16(10-14)27-12-26-15/h6-7,10,20H,3-5,8-9,11-12H2,1-2H3. The van der Waals surface area contributed by atoms with E-state index >= 15 is 0 Å². The van der Waals surface area contributed by atoms with E-state index in [4.69, 9.17) is 9.47 Å². The molecule has 0 saturated heterocycles. The predicted molar refractivity (Wildman–Crippen MR) is 100 cm³/mol. The molecular weight excluding hydrogens is 348 g/mol. The van der Waals surface area contributed by atoms with E-state index in [0.29, 0.717) is 18.1 Å². The third kappa shape index (κ3) is 3.09. The molecule has 0 bridgehead atoms. The van der Waals surface area contributed by atoms with Crippen molar-refractivity contribution in [3.05, 3.63) is 39.6 Å². The van der Waals surface area contributed by atoms with Crippen molar-refractivity contribution in [2.24, 2.45) is 7.05 Å². The summed E-state index contributed by atoms with van der Waals surface area (Å²) in [5, 5.41) is 19.0. The molecule has 4 rings (SSSR count). The molecule has 1 aromatic heterocycles. The van der Waals surface area contributed by atoms with Crippen molar-refractivity contribution in [3.63, 3.8) is 0 Å². The van der Waals surface area contributed by atoms with Crippen molar-refractivity contribution in [2.75, 3.05) is 18.7 Å². The third-order valence-corrected chi connectivity index (χ3v) is 5.76. The highest BCUT2D eigenvalue weighted by Gasteiger charge is 2.36. The van der Waals surface area contributed by atoms with E-state index in [1.165, 1.54) is 12.0 Å². The molecule has 8 heteroatoms. The van der Waals surface area contributed by atoms with Gasteiger partial charge in [-0.3, -0.25) is 10.1 Å². The fraction of sp³-hybridized carbons (Fsp3) is 0.526. The lowest BCUT2D eigenvalue weighted by Gasteiger charge is -2.38. The maximum atomic E-state index is 11.5. The number of anilines is 1. The molecule has 1 aliphatic heterocycles. The first-order chi connectivity index (χ1) is 13.0. The van der Waals surface area contributed by atoms with Gasteiger partial charge in [-0.1, -0.05) is 25.3 Å². The van der Waals surface area contributed by atoms with Crippen LogP contribution in [0, 0.1) is 17.0 Å². The summed E-state index contributed by atoms with van der Waals surface area (Å²) >= 11 is 0. The Hall–Kier alpha value is -2.77. The van der Waals surface area contributed by atoms with Crippen LogP contribution in [0.4, 0.5) is 11.5 Å². The first kappa shape index (κ1) is 17.6. The zero-order chi connectivity index (χ0) is 19.0. The minimum Gasteiger partial charge on any atom is -0.454 e. The van der Waals surface area contributed by atoms with Crippen LogP contribution in [0.3, 0.4) is 0 Å². The largest absolute Gasteiger partial charge is 0.454 e. The molecule has 27 heavy (non-hydrogen) atoms. The molecule has 144 valence electrons. The molecule has 0 spiro atoms. The molecule has 2 heterocycles. The van der Waals surface area contributed by atoms with Gasteiger partial charge in [-0.2, -0.15) is 5.10 Å². The average molecular weight is 372 g/mol. The van der Waals surface area contributed by atoms with Crippen molar-refractivity contribution >= 4 is 11.5 Å². The molecule has 1 aliphatic carbocycles. The van der Waals surface area contributed by atoms with Crippen LogP contribution in [0.5, 0.6) is 11.5 Å². The Bertz CT molecular complexity index is 871. The van der Waals surface area contributed by atoms with Gasteiger partial charge >= 0.3 is 5.69 Å². The highest BCUT2D eigenvalue weighted by atomic mass is 16.7. The van der Waals surface area contributed by atoms with E-state index in [1.54, 1.807) is 18.7 Å². The van der Waals surface area contributed by atoms with E-state index in [0.717, 1.165) is 37.2 Å². The second-order valence-corrected chi connectivity index (χ2v) is 7.43. The third-order valence-electron chi connectivity index (χ3n) is 5.76. The Kier molecular flexibility index (Phi) is 4.41.